The van der Waals surface area contributed by atoms with Gasteiger partial charge in [0.25, 0.3) is 0 Å². The number of aromatic carboxylic acids is 1. The van der Waals surface area contributed by atoms with Gasteiger partial charge in [0, 0.05) is 17.9 Å². The monoisotopic (exact) mass is 514 g/mol. The zero-order valence-electron chi connectivity index (χ0n) is 22.0. The van der Waals surface area contributed by atoms with Crippen LogP contribution in [0.3, 0.4) is 0 Å². The Hall–Kier alpha value is -2.37. The third-order valence-electron chi connectivity index (χ3n) is 7.50. The molecule has 196 valence electrons. The molecule has 1 aliphatic carbocycles. The largest absolute Gasteiger partial charge is 0.477 e. The quantitative estimate of drug-likeness (QED) is 0.552. The minimum absolute atomic E-state index is 0.0265. The molecule has 2 saturated heterocycles. The standard InChI is InChI=1S/C28H38N2O5S/c1-6-22(26(32)29-15-20-13-19(29)16-35-20)30(25(31)18-9-7-17(2)8-10-18)23-14-21(11-12-28(3,4)5)36-24(23)27(33)34/h14,17-20,22H,6-10,13,15-16H2,1-5H3,(H,33,34)/t17?,18?,19?,20?,22-/m0/s1. The summed E-state index contributed by atoms with van der Waals surface area (Å²) in [5, 5.41) is 10.1. The van der Waals surface area contributed by atoms with Crippen molar-refractivity contribution in [1.29, 1.82) is 0 Å². The number of carboxylic acids is 1. The maximum atomic E-state index is 14.1. The second-order valence-electron chi connectivity index (χ2n) is 11.6. The molecule has 1 aromatic heterocycles. The van der Waals surface area contributed by atoms with Gasteiger partial charge in [0.15, 0.2) is 0 Å². The molecule has 0 radical (unpaired) electrons. The van der Waals surface area contributed by atoms with Crippen molar-refractivity contribution in [1.82, 2.24) is 4.90 Å². The Labute approximate surface area is 218 Å². The summed E-state index contributed by atoms with van der Waals surface area (Å²) in [6.45, 7) is 11.1. The zero-order valence-corrected chi connectivity index (χ0v) is 22.8. The first kappa shape index (κ1) is 26.7. The van der Waals surface area contributed by atoms with Crippen LogP contribution in [0.15, 0.2) is 6.07 Å². The van der Waals surface area contributed by atoms with Gasteiger partial charge in [0.1, 0.15) is 10.9 Å². The minimum atomic E-state index is -1.11. The van der Waals surface area contributed by atoms with Crippen molar-refractivity contribution in [2.45, 2.75) is 91.3 Å². The molecular weight excluding hydrogens is 476 g/mol. The molecule has 0 spiro atoms. The molecule has 3 heterocycles. The number of fused-ring (bicyclic) bond motifs is 2. The van der Waals surface area contributed by atoms with E-state index in [2.05, 4.69) is 18.8 Å². The van der Waals surface area contributed by atoms with Crippen LogP contribution >= 0.6 is 11.3 Å². The Morgan fingerprint density at radius 2 is 1.94 bits per heavy atom. The fourth-order valence-electron chi connectivity index (χ4n) is 5.50. The first-order chi connectivity index (χ1) is 17.0. The van der Waals surface area contributed by atoms with Crippen LogP contribution in [0.4, 0.5) is 5.69 Å². The van der Waals surface area contributed by atoms with E-state index in [1.165, 1.54) is 4.90 Å². The molecule has 7 nitrogen and oxygen atoms in total. The molecular formula is C28H38N2O5S. The first-order valence-corrected chi connectivity index (χ1v) is 14.0. The van der Waals surface area contributed by atoms with Gasteiger partial charge in [-0.25, -0.2) is 4.79 Å². The topological polar surface area (TPSA) is 87.2 Å². The molecule has 4 rings (SSSR count). The average Bonchev–Trinajstić information content (AvgIpc) is 3.56. The van der Waals surface area contributed by atoms with E-state index in [1.807, 2.05) is 32.6 Å². The van der Waals surface area contributed by atoms with Gasteiger partial charge in [0.05, 0.1) is 29.3 Å². The van der Waals surface area contributed by atoms with Crippen LogP contribution < -0.4 is 4.90 Å². The van der Waals surface area contributed by atoms with E-state index in [4.69, 9.17) is 4.74 Å². The molecule has 1 aromatic rings. The molecule has 3 atom stereocenters. The normalized spacial score (nSPS) is 26.3. The lowest BCUT2D eigenvalue weighted by Crippen LogP contribution is -2.55. The summed E-state index contributed by atoms with van der Waals surface area (Å²) < 4.78 is 5.69. The van der Waals surface area contributed by atoms with E-state index in [-0.39, 0.29) is 40.2 Å². The third kappa shape index (κ3) is 5.63. The van der Waals surface area contributed by atoms with E-state index in [0.717, 1.165) is 43.4 Å². The molecule has 0 aromatic carbocycles. The van der Waals surface area contributed by atoms with Crippen molar-refractivity contribution in [3.05, 3.63) is 15.8 Å². The van der Waals surface area contributed by atoms with Crippen molar-refractivity contribution in [2.75, 3.05) is 18.1 Å². The number of thiophene rings is 1. The summed E-state index contributed by atoms with van der Waals surface area (Å²) in [5.41, 5.74) is 0.0519. The number of hydrogen-bond acceptors (Lipinski definition) is 5. The number of carbonyl (C=O) groups is 3. The molecule has 8 heteroatoms. The number of amides is 2. The molecule has 3 fully saturated rings. The van der Waals surface area contributed by atoms with Gasteiger partial charge in [-0.3, -0.25) is 14.5 Å². The van der Waals surface area contributed by atoms with Crippen LogP contribution in [0.5, 0.6) is 0 Å². The van der Waals surface area contributed by atoms with Gasteiger partial charge in [-0.05, 0) is 71.3 Å². The van der Waals surface area contributed by atoms with Gasteiger partial charge in [-0.1, -0.05) is 25.7 Å². The summed E-state index contributed by atoms with van der Waals surface area (Å²) >= 11 is 1.07. The Morgan fingerprint density at radius 3 is 2.47 bits per heavy atom. The highest BCUT2D eigenvalue weighted by atomic mass is 32.1. The van der Waals surface area contributed by atoms with Crippen LogP contribution in [0.2, 0.25) is 0 Å². The molecule has 2 amide bonds. The zero-order chi connectivity index (χ0) is 26.2. The predicted octanol–water partition coefficient (Wildman–Crippen LogP) is 4.78. The number of carbonyl (C=O) groups excluding carboxylic acids is 2. The molecule has 1 saturated carbocycles. The Balaban J connectivity index is 1.75. The van der Waals surface area contributed by atoms with Gasteiger partial charge < -0.3 is 14.7 Å². The highest BCUT2D eigenvalue weighted by Crippen LogP contribution is 2.38. The summed E-state index contributed by atoms with van der Waals surface area (Å²) in [4.78, 5) is 44.3. The molecule has 1 N–H and O–H groups in total. The van der Waals surface area contributed by atoms with Gasteiger partial charge in [-0.15, -0.1) is 11.3 Å². The first-order valence-electron chi connectivity index (χ1n) is 13.1. The number of ether oxygens (including phenoxy) is 1. The number of morpholine rings is 1. The van der Waals surface area contributed by atoms with Gasteiger partial charge in [-0.2, -0.15) is 0 Å². The fraction of sp³-hybridized carbons (Fsp3) is 0.679. The Kier molecular flexibility index (Phi) is 7.82. The number of carboxylic acid groups (broad SMARTS) is 1. The van der Waals surface area contributed by atoms with E-state index >= 15 is 0 Å². The number of nitrogens with zero attached hydrogens (tertiary/aromatic N) is 2. The summed E-state index contributed by atoms with van der Waals surface area (Å²) in [6.07, 6.45) is 4.71. The predicted molar refractivity (Wildman–Crippen MR) is 140 cm³/mol. The van der Waals surface area contributed by atoms with Crippen molar-refractivity contribution >= 4 is 34.8 Å². The molecule has 3 aliphatic rings. The second-order valence-corrected chi connectivity index (χ2v) is 12.6. The smallest absolute Gasteiger partial charge is 0.348 e. The summed E-state index contributed by atoms with van der Waals surface area (Å²) in [5.74, 6) is 5.25. The maximum absolute atomic E-state index is 14.1. The fourth-order valence-corrected chi connectivity index (χ4v) is 6.34. The van der Waals surface area contributed by atoms with Crippen LogP contribution in [-0.4, -0.2) is 59.1 Å². The van der Waals surface area contributed by atoms with Gasteiger partial charge >= 0.3 is 5.97 Å². The SMILES string of the molecule is CC[C@@H](C(=O)N1CC2CC1CO2)N(C(=O)C1CCC(C)CC1)c1cc(C#CC(C)(C)C)sc1C(=O)O. The van der Waals surface area contributed by atoms with Crippen LogP contribution in [-0.2, 0) is 14.3 Å². The van der Waals surface area contributed by atoms with Crippen molar-refractivity contribution in [2.24, 2.45) is 17.3 Å². The third-order valence-corrected chi connectivity index (χ3v) is 8.52. The lowest BCUT2D eigenvalue weighted by atomic mass is 9.82. The van der Waals surface area contributed by atoms with Crippen LogP contribution in [0.1, 0.15) is 87.7 Å². The minimum Gasteiger partial charge on any atom is -0.477 e. The highest BCUT2D eigenvalue weighted by Gasteiger charge is 2.46. The second kappa shape index (κ2) is 10.5. The van der Waals surface area contributed by atoms with Crippen molar-refractivity contribution < 1.29 is 24.2 Å². The van der Waals surface area contributed by atoms with Crippen LogP contribution in [0.25, 0.3) is 0 Å². The average molecular weight is 515 g/mol. The molecule has 2 bridgehead atoms. The van der Waals surface area contributed by atoms with E-state index in [1.54, 1.807) is 6.07 Å². The van der Waals surface area contributed by atoms with Crippen LogP contribution in [0, 0.1) is 29.1 Å². The maximum Gasteiger partial charge on any atom is 0.348 e. The lowest BCUT2D eigenvalue weighted by Gasteiger charge is -2.38. The summed E-state index contributed by atoms with van der Waals surface area (Å²) in [6, 6.07) is 0.969. The number of hydrogen-bond donors (Lipinski definition) is 1. The number of rotatable bonds is 6. The van der Waals surface area contributed by atoms with E-state index in [0.29, 0.717) is 36.1 Å². The molecule has 2 unspecified atom stereocenters. The highest BCUT2D eigenvalue weighted by molar-refractivity contribution is 7.15. The van der Waals surface area contributed by atoms with Gasteiger partial charge in [0.2, 0.25) is 11.8 Å². The van der Waals surface area contributed by atoms with E-state index in [9.17, 15) is 19.5 Å². The Bertz CT molecular complexity index is 1070. The number of likely N-dealkylation sites (tertiary alicyclic amines) is 1. The van der Waals surface area contributed by atoms with E-state index < -0.39 is 12.0 Å². The van der Waals surface area contributed by atoms with Crippen molar-refractivity contribution in [3.8, 4) is 11.8 Å². The Morgan fingerprint density at radius 1 is 1.25 bits per heavy atom. The molecule has 2 aliphatic heterocycles. The lowest BCUT2D eigenvalue weighted by molar-refractivity contribution is -0.139. The number of anilines is 1. The summed E-state index contributed by atoms with van der Waals surface area (Å²) in [7, 11) is 0. The van der Waals surface area contributed by atoms with Crippen molar-refractivity contribution in [3.63, 3.8) is 0 Å². The molecule has 36 heavy (non-hydrogen) atoms.